The molecule has 1 aromatic heterocycles. The number of nitrogens with zero attached hydrogens (tertiary/aromatic N) is 2. The van der Waals surface area contributed by atoms with E-state index < -0.39 is 0 Å². The normalized spacial score (nSPS) is 11.3. The molecule has 0 aliphatic carbocycles. The fourth-order valence-corrected chi connectivity index (χ4v) is 2.05. The number of aromatic nitrogens is 2. The van der Waals surface area contributed by atoms with E-state index in [1.807, 2.05) is 11.7 Å². The van der Waals surface area contributed by atoms with Crippen LogP contribution in [0, 0.1) is 6.92 Å². The molecule has 0 amide bonds. The first-order valence-corrected chi connectivity index (χ1v) is 5.37. The lowest BCUT2D eigenvalue weighted by Crippen LogP contribution is -2.35. The number of para-hydroxylation sites is 1. The van der Waals surface area contributed by atoms with Crippen molar-refractivity contribution in [1.29, 1.82) is 0 Å². The van der Waals surface area contributed by atoms with Crippen LogP contribution in [-0.4, -0.2) is 5.10 Å². The van der Waals surface area contributed by atoms with Crippen LogP contribution in [0.5, 0.6) is 0 Å². The van der Waals surface area contributed by atoms with Crippen molar-refractivity contribution in [3.63, 3.8) is 0 Å². The van der Waals surface area contributed by atoms with Crippen molar-refractivity contribution in [2.75, 3.05) is 0 Å². The highest BCUT2D eigenvalue weighted by Gasteiger charge is 2.16. The molecule has 2 aromatic rings. The highest BCUT2D eigenvalue weighted by atomic mass is 15.2. The second-order valence-corrected chi connectivity index (χ2v) is 4.31. The van der Waals surface area contributed by atoms with Gasteiger partial charge in [0.25, 0.3) is 0 Å². The van der Waals surface area contributed by atoms with Gasteiger partial charge in [-0.1, -0.05) is 30.7 Å². The Labute approximate surface area is 90.6 Å². The Balaban J connectivity index is 2.84. The molecule has 1 aromatic carbocycles. The molecule has 2 rings (SSSR count). The summed E-state index contributed by atoms with van der Waals surface area (Å²) in [6.45, 7) is 6.53. The molecule has 0 radical (unpaired) electrons. The predicted molar refractivity (Wildman–Crippen MR) is 61.7 cm³/mol. The van der Waals surface area contributed by atoms with Crippen molar-refractivity contribution in [3.05, 3.63) is 35.5 Å². The fourth-order valence-electron chi connectivity index (χ4n) is 2.05. The first-order valence-electron chi connectivity index (χ1n) is 5.37. The van der Waals surface area contributed by atoms with E-state index in [1.165, 1.54) is 22.2 Å². The quantitative estimate of drug-likeness (QED) is 0.648. The SMILES string of the molecule is Cc1c(C(C)C)n[n+](C)c2ccccc12. The van der Waals surface area contributed by atoms with Gasteiger partial charge in [-0.05, 0) is 23.7 Å². The minimum Gasteiger partial charge on any atom is -0.0862 e. The van der Waals surface area contributed by atoms with Crippen LogP contribution in [0.4, 0.5) is 0 Å². The van der Waals surface area contributed by atoms with Crippen LogP contribution in [0.2, 0.25) is 0 Å². The van der Waals surface area contributed by atoms with Crippen molar-refractivity contribution < 1.29 is 4.68 Å². The highest BCUT2D eigenvalue weighted by Crippen LogP contribution is 2.21. The molecule has 0 spiro atoms. The molecular formula is C13H17N2+. The standard InChI is InChI=1S/C13H17N2/c1-9(2)13-10(3)11-7-5-6-8-12(11)15(4)14-13/h5-9H,1-4H3/q+1. The molecule has 0 unspecified atom stereocenters. The number of hydrogen-bond acceptors (Lipinski definition) is 1. The van der Waals surface area contributed by atoms with E-state index in [1.54, 1.807) is 0 Å². The van der Waals surface area contributed by atoms with E-state index in [4.69, 9.17) is 0 Å². The van der Waals surface area contributed by atoms with Gasteiger partial charge in [-0.3, -0.25) is 0 Å². The number of aryl methyl sites for hydroxylation is 2. The minimum absolute atomic E-state index is 0.473. The van der Waals surface area contributed by atoms with Crippen LogP contribution < -0.4 is 4.68 Å². The average molecular weight is 201 g/mol. The number of benzene rings is 1. The molecule has 15 heavy (non-hydrogen) atoms. The summed E-state index contributed by atoms with van der Waals surface area (Å²) in [4.78, 5) is 0. The van der Waals surface area contributed by atoms with Crippen LogP contribution in [0.3, 0.4) is 0 Å². The summed E-state index contributed by atoms with van der Waals surface area (Å²) in [5, 5.41) is 5.92. The third-order valence-corrected chi connectivity index (χ3v) is 2.85. The van der Waals surface area contributed by atoms with Gasteiger partial charge in [0.05, 0.1) is 5.39 Å². The second-order valence-electron chi connectivity index (χ2n) is 4.31. The monoisotopic (exact) mass is 201 g/mol. The van der Waals surface area contributed by atoms with E-state index in [9.17, 15) is 0 Å². The molecule has 78 valence electrons. The Bertz CT molecular complexity index is 501. The smallest absolute Gasteiger partial charge is 0.0862 e. The summed E-state index contributed by atoms with van der Waals surface area (Å²) in [6, 6.07) is 8.41. The molecule has 0 bridgehead atoms. The first-order chi connectivity index (χ1) is 7.11. The summed E-state index contributed by atoms with van der Waals surface area (Å²) < 4.78 is 1.97. The molecule has 0 N–H and O–H groups in total. The molecule has 1 heterocycles. The zero-order valence-corrected chi connectivity index (χ0v) is 9.78. The second kappa shape index (κ2) is 3.61. The van der Waals surface area contributed by atoms with E-state index in [2.05, 4.69) is 50.1 Å². The summed E-state index contributed by atoms with van der Waals surface area (Å²) in [7, 11) is 2.01. The van der Waals surface area contributed by atoms with Gasteiger partial charge in [-0.15, -0.1) is 0 Å². The van der Waals surface area contributed by atoms with Crippen molar-refractivity contribution >= 4 is 10.9 Å². The first kappa shape index (κ1) is 10.1. The number of fused-ring (bicyclic) bond motifs is 1. The van der Waals surface area contributed by atoms with E-state index in [0.29, 0.717) is 5.92 Å². The maximum Gasteiger partial charge on any atom is 0.239 e. The van der Waals surface area contributed by atoms with Crippen LogP contribution in [0.1, 0.15) is 31.0 Å². The molecule has 0 aliphatic heterocycles. The van der Waals surface area contributed by atoms with Gasteiger partial charge in [0.2, 0.25) is 5.52 Å². The van der Waals surface area contributed by atoms with Crippen LogP contribution in [0.15, 0.2) is 24.3 Å². The number of hydrogen-bond donors (Lipinski definition) is 0. The lowest BCUT2D eigenvalue weighted by atomic mass is 10.0. The van der Waals surface area contributed by atoms with Gasteiger partial charge in [-0.2, -0.15) is 0 Å². The Hall–Kier alpha value is -1.44. The van der Waals surface area contributed by atoms with Gasteiger partial charge >= 0.3 is 0 Å². The Morgan fingerprint density at radius 1 is 1.20 bits per heavy atom. The summed E-state index contributed by atoms with van der Waals surface area (Å²) in [6.07, 6.45) is 0. The predicted octanol–water partition coefficient (Wildman–Crippen LogP) is 2.49. The van der Waals surface area contributed by atoms with Gasteiger partial charge < -0.3 is 0 Å². The molecule has 2 nitrogen and oxygen atoms in total. The summed E-state index contributed by atoms with van der Waals surface area (Å²) in [5.41, 5.74) is 3.69. The Kier molecular flexibility index (Phi) is 2.43. The molecule has 0 atom stereocenters. The average Bonchev–Trinajstić information content (AvgIpc) is 2.23. The molecule has 0 saturated heterocycles. The van der Waals surface area contributed by atoms with Crippen molar-refractivity contribution in [3.8, 4) is 0 Å². The summed E-state index contributed by atoms with van der Waals surface area (Å²) >= 11 is 0. The number of rotatable bonds is 1. The molecular weight excluding hydrogens is 184 g/mol. The molecule has 0 aliphatic rings. The maximum atomic E-state index is 4.62. The maximum absolute atomic E-state index is 4.62. The van der Waals surface area contributed by atoms with Gasteiger partial charge in [0.1, 0.15) is 5.69 Å². The topological polar surface area (TPSA) is 16.8 Å². The highest BCUT2D eigenvalue weighted by molar-refractivity contribution is 5.79. The molecule has 0 fully saturated rings. The third kappa shape index (κ3) is 1.60. The van der Waals surface area contributed by atoms with E-state index >= 15 is 0 Å². The lowest BCUT2D eigenvalue weighted by molar-refractivity contribution is -0.706. The van der Waals surface area contributed by atoms with Gasteiger partial charge in [-0.25, -0.2) is 0 Å². The molecule has 0 saturated carbocycles. The van der Waals surface area contributed by atoms with Crippen molar-refractivity contribution in [2.24, 2.45) is 7.05 Å². The van der Waals surface area contributed by atoms with Gasteiger partial charge in [0, 0.05) is 12.0 Å². The zero-order valence-electron chi connectivity index (χ0n) is 9.78. The minimum atomic E-state index is 0.473. The van der Waals surface area contributed by atoms with E-state index in [-0.39, 0.29) is 0 Å². The van der Waals surface area contributed by atoms with Crippen molar-refractivity contribution in [1.82, 2.24) is 5.10 Å². The third-order valence-electron chi connectivity index (χ3n) is 2.85. The van der Waals surface area contributed by atoms with Crippen LogP contribution >= 0.6 is 0 Å². The summed E-state index contributed by atoms with van der Waals surface area (Å²) in [5.74, 6) is 0.473. The zero-order chi connectivity index (χ0) is 11.0. The Morgan fingerprint density at radius 2 is 1.87 bits per heavy atom. The van der Waals surface area contributed by atoms with Crippen molar-refractivity contribution in [2.45, 2.75) is 26.7 Å². The van der Waals surface area contributed by atoms with Gasteiger partial charge in [0.15, 0.2) is 7.05 Å². The Morgan fingerprint density at radius 3 is 2.53 bits per heavy atom. The lowest BCUT2D eigenvalue weighted by Gasteiger charge is -2.07. The fraction of sp³-hybridized carbons (Fsp3) is 0.385. The van der Waals surface area contributed by atoms with Crippen LogP contribution in [0.25, 0.3) is 10.9 Å². The van der Waals surface area contributed by atoms with Crippen LogP contribution in [-0.2, 0) is 7.05 Å². The molecule has 2 heteroatoms. The largest absolute Gasteiger partial charge is 0.239 e. The van der Waals surface area contributed by atoms with E-state index in [0.717, 1.165) is 0 Å².